The quantitative estimate of drug-likeness (QED) is 0.351. The number of likely N-dealkylation sites (tertiary alicyclic amines) is 1. The van der Waals surface area contributed by atoms with Crippen LogP contribution in [0.25, 0.3) is 0 Å². The van der Waals surface area contributed by atoms with Gasteiger partial charge >= 0.3 is 0 Å². The molecule has 1 unspecified atom stereocenters. The van der Waals surface area contributed by atoms with Crippen LogP contribution < -0.4 is 16.8 Å². The van der Waals surface area contributed by atoms with Crippen LogP contribution in [0.5, 0.6) is 0 Å². The Morgan fingerprint density at radius 2 is 1.89 bits per heavy atom. The van der Waals surface area contributed by atoms with Crippen LogP contribution in [-0.4, -0.2) is 52.6 Å². The number of amides is 3. The number of hydrogen-bond acceptors (Lipinski definition) is 5. The van der Waals surface area contributed by atoms with Gasteiger partial charge in [-0.05, 0) is 25.7 Å². The predicted octanol–water partition coefficient (Wildman–Crippen LogP) is 0.759. The molecule has 0 aromatic carbocycles. The maximum Gasteiger partial charge on any atom is 0.251 e. The van der Waals surface area contributed by atoms with E-state index in [9.17, 15) is 19.2 Å². The van der Waals surface area contributed by atoms with Crippen LogP contribution in [-0.2, 0) is 19.2 Å². The maximum atomic E-state index is 13.2. The van der Waals surface area contributed by atoms with Gasteiger partial charge in [0.05, 0.1) is 6.04 Å². The molecule has 8 heteroatoms. The van der Waals surface area contributed by atoms with Crippen LogP contribution in [0.1, 0.15) is 77.6 Å². The van der Waals surface area contributed by atoms with E-state index in [-0.39, 0.29) is 25.3 Å². The minimum Gasteiger partial charge on any atom is -0.367 e. The Bertz CT molecular complexity index is 609. The molecule has 3 amide bonds. The minimum atomic E-state index is -1.69. The molecule has 0 spiro atoms. The predicted molar refractivity (Wildman–Crippen MR) is 105 cm³/mol. The SMILES string of the molecule is CCCCCCCCC(N)C(=O)[C@@]1(C(N)=O)CCCN1C(=O)[C@@H]1CCC(=O)N1. The number of primary amides is 1. The second kappa shape index (κ2) is 10.0. The zero-order valence-electron chi connectivity index (χ0n) is 16.9. The number of carbonyl (C=O) groups is 4. The van der Waals surface area contributed by atoms with Crippen molar-refractivity contribution >= 4 is 23.5 Å². The zero-order chi connectivity index (χ0) is 20.7. The molecule has 2 aliphatic rings. The molecular weight excluding hydrogens is 360 g/mol. The number of hydrogen-bond donors (Lipinski definition) is 3. The summed E-state index contributed by atoms with van der Waals surface area (Å²) < 4.78 is 0. The standard InChI is InChI=1S/C20H34N4O4/c1-2-3-4-5-6-7-9-14(21)17(26)20(19(22)28)12-8-13-24(20)18(27)15-10-11-16(25)23-15/h14-15H,2-13,21H2,1H3,(H2,22,28)(H,23,25)/t14?,15-,20+/m0/s1. The summed E-state index contributed by atoms with van der Waals surface area (Å²) >= 11 is 0. The minimum absolute atomic E-state index is 0.192. The third-order valence-electron chi connectivity index (χ3n) is 5.96. The number of nitrogens with zero attached hydrogens (tertiary/aromatic N) is 1. The fourth-order valence-corrected chi connectivity index (χ4v) is 4.32. The second-order valence-electron chi connectivity index (χ2n) is 8.00. The van der Waals surface area contributed by atoms with Gasteiger partial charge < -0.3 is 21.7 Å². The van der Waals surface area contributed by atoms with Gasteiger partial charge in [0, 0.05) is 13.0 Å². The number of nitrogens with two attached hydrogens (primary N) is 2. The fourth-order valence-electron chi connectivity index (χ4n) is 4.32. The monoisotopic (exact) mass is 394 g/mol. The van der Waals surface area contributed by atoms with Crippen molar-refractivity contribution in [2.24, 2.45) is 11.5 Å². The molecular formula is C20H34N4O4. The summed E-state index contributed by atoms with van der Waals surface area (Å²) in [6.07, 6.45) is 8.22. The van der Waals surface area contributed by atoms with E-state index in [0.29, 0.717) is 19.3 Å². The van der Waals surface area contributed by atoms with Crippen molar-refractivity contribution in [2.45, 2.75) is 95.2 Å². The summed E-state index contributed by atoms with van der Waals surface area (Å²) in [4.78, 5) is 51.2. The molecule has 8 nitrogen and oxygen atoms in total. The Hall–Kier alpha value is -1.96. The molecule has 0 saturated carbocycles. The number of carbonyl (C=O) groups excluding carboxylic acids is 4. The molecule has 3 atom stereocenters. The van der Waals surface area contributed by atoms with Gasteiger partial charge in [0.1, 0.15) is 6.04 Å². The van der Waals surface area contributed by atoms with Gasteiger partial charge in [-0.3, -0.25) is 19.2 Å². The largest absolute Gasteiger partial charge is 0.367 e. The molecule has 2 rings (SSSR count). The van der Waals surface area contributed by atoms with Gasteiger partial charge in [-0.2, -0.15) is 0 Å². The molecule has 5 N–H and O–H groups in total. The Morgan fingerprint density at radius 3 is 2.50 bits per heavy atom. The van der Waals surface area contributed by atoms with Crippen LogP contribution in [0.3, 0.4) is 0 Å². The van der Waals surface area contributed by atoms with Crippen LogP contribution in [0.15, 0.2) is 0 Å². The van der Waals surface area contributed by atoms with E-state index in [0.717, 1.165) is 19.3 Å². The topological polar surface area (TPSA) is 136 Å². The summed E-state index contributed by atoms with van der Waals surface area (Å²) in [6, 6.07) is -1.53. The van der Waals surface area contributed by atoms with E-state index < -0.39 is 35.2 Å². The molecule has 0 aliphatic carbocycles. The van der Waals surface area contributed by atoms with Crippen molar-refractivity contribution in [1.29, 1.82) is 0 Å². The van der Waals surface area contributed by atoms with Crippen molar-refractivity contribution in [2.75, 3.05) is 6.54 Å². The lowest BCUT2D eigenvalue weighted by atomic mass is 9.84. The van der Waals surface area contributed by atoms with Gasteiger partial charge in [-0.1, -0.05) is 45.4 Å². The molecule has 2 saturated heterocycles. The molecule has 0 aromatic rings. The Kier molecular flexibility index (Phi) is 7.98. The third-order valence-corrected chi connectivity index (χ3v) is 5.96. The first kappa shape index (κ1) is 22.3. The van der Waals surface area contributed by atoms with Crippen molar-refractivity contribution in [3.63, 3.8) is 0 Å². The number of Topliss-reactive ketones (excluding diaryl/α,β-unsaturated/α-hetero) is 1. The number of nitrogens with one attached hydrogen (secondary N) is 1. The average Bonchev–Trinajstić information content (AvgIpc) is 3.30. The van der Waals surface area contributed by atoms with Gasteiger partial charge in [0.2, 0.25) is 11.8 Å². The van der Waals surface area contributed by atoms with Gasteiger partial charge in [0.25, 0.3) is 5.91 Å². The van der Waals surface area contributed by atoms with Gasteiger partial charge in [-0.25, -0.2) is 0 Å². The van der Waals surface area contributed by atoms with E-state index in [2.05, 4.69) is 12.2 Å². The lowest BCUT2D eigenvalue weighted by Gasteiger charge is -2.37. The van der Waals surface area contributed by atoms with Crippen LogP contribution in [0.2, 0.25) is 0 Å². The molecule has 2 aliphatic heterocycles. The van der Waals surface area contributed by atoms with Gasteiger partial charge in [-0.15, -0.1) is 0 Å². The number of rotatable bonds is 11. The van der Waals surface area contributed by atoms with Crippen molar-refractivity contribution in [3.05, 3.63) is 0 Å². The normalized spacial score (nSPS) is 25.6. The van der Waals surface area contributed by atoms with Crippen molar-refractivity contribution < 1.29 is 19.2 Å². The molecule has 2 fully saturated rings. The van der Waals surface area contributed by atoms with Crippen LogP contribution >= 0.6 is 0 Å². The first-order valence-corrected chi connectivity index (χ1v) is 10.5. The number of unbranched alkanes of at least 4 members (excludes halogenated alkanes) is 5. The Labute approximate surface area is 166 Å². The third kappa shape index (κ3) is 4.71. The van der Waals surface area contributed by atoms with E-state index in [1.807, 2.05) is 0 Å². The molecule has 0 aromatic heterocycles. The smallest absolute Gasteiger partial charge is 0.251 e. The summed E-state index contributed by atoms with van der Waals surface area (Å²) in [6.45, 7) is 2.42. The highest BCUT2D eigenvalue weighted by molar-refractivity contribution is 6.15. The first-order valence-electron chi connectivity index (χ1n) is 10.5. The lowest BCUT2D eigenvalue weighted by Crippen LogP contribution is -2.66. The molecule has 28 heavy (non-hydrogen) atoms. The van der Waals surface area contributed by atoms with E-state index in [1.165, 1.54) is 24.2 Å². The summed E-state index contributed by atoms with van der Waals surface area (Å²) in [5.41, 5.74) is 10.1. The highest BCUT2D eigenvalue weighted by Gasteiger charge is 2.56. The van der Waals surface area contributed by atoms with Gasteiger partial charge in [0.15, 0.2) is 11.3 Å². The van der Waals surface area contributed by atoms with E-state index in [4.69, 9.17) is 11.5 Å². The van der Waals surface area contributed by atoms with Crippen LogP contribution in [0, 0.1) is 0 Å². The number of ketones is 1. The Balaban J connectivity index is 2.04. The van der Waals surface area contributed by atoms with E-state index >= 15 is 0 Å². The highest BCUT2D eigenvalue weighted by atomic mass is 16.2. The fraction of sp³-hybridized carbons (Fsp3) is 0.800. The van der Waals surface area contributed by atoms with E-state index in [1.54, 1.807) is 0 Å². The lowest BCUT2D eigenvalue weighted by molar-refractivity contribution is -0.152. The first-order chi connectivity index (χ1) is 13.3. The Morgan fingerprint density at radius 1 is 1.21 bits per heavy atom. The summed E-state index contributed by atoms with van der Waals surface area (Å²) in [5, 5.41) is 2.61. The summed E-state index contributed by atoms with van der Waals surface area (Å²) in [5.74, 6) is -1.91. The van der Waals surface area contributed by atoms with Crippen LogP contribution in [0.4, 0.5) is 0 Å². The molecule has 2 heterocycles. The van der Waals surface area contributed by atoms with Crippen molar-refractivity contribution in [3.8, 4) is 0 Å². The zero-order valence-corrected chi connectivity index (χ0v) is 16.9. The average molecular weight is 395 g/mol. The summed E-state index contributed by atoms with van der Waals surface area (Å²) in [7, 11) is 0. The maximum absolute atomic E-state index is 13.2. The van der Waals surface area contributed by atoms with Crippen molar-refractivity contribution in [1.82, 2.24) is 10.2 Å². The molecule has 158 valence electrons. The molecule has 0 radical (unpaired) electrons. The second-order valence-corrected chi connectivity index (χ2v) is 8.00. The molecule has 0 bridgehead atoms. The highest BCUT2D eigenvalue weighted by Crippen LogP contribution is 2.33.